The van der Waals surface area contributed by atoms with Crippen molar-refractivity contribution in [2.24, 2.45) is 0 Å². The van der Waals surface area contributed by atoms with Crippen molar-refractivity contribution in [3.05, 3.63) is 74.0 Å². The zero-order valence-electron chi connectivity index (χ0n) is 16.6. The fraction of sp³-hybridized carbons (Fsp3) is 0.190. The fourth-order valence-electron chi connectivity index (χ4n) is 3.63. The summed E-state index contributed by atoms with van der Waals surface area (Å²) in [4.78, 5) is 33.3. The van der Waals surface area contributed by atoms with E-state index in [2.05, 4.69) is 51.9 Å². The molecule has 1 saturated heterocycles. The Morgan fingerprint density at radius 3 is 2.44 bits per heavy atom. The summed E-state index contributed by atoms with van der Waals surface area (Å²) in [6.45, 7) is 2.09. The van der Waals surface area contributed by atoms with Crippen LogP contribution < -0.4 is 10.5 Å². The number of hydrogen-bond acceptors (Lipinski definition) is 7. The van der Waals surface area contributed by atoms with Gasteiger partial charge < -0.3 is 14.2 Å². The van der Waals surface area contributed by atoms with Crippen LogP contribution in [0.2, 0.25) is 0 Å². The second-order valence-corrected chi connectivity index (χ2v) is 9.02. The second-order valence-electron chi connectivity index (χ2n) is 7.25. The molecule has 0 spiro atoms. The molecule has 0 saturated carbocycles. The van der Waals surface area contributed by atoms with Crippen LogP contribution in [-0.2, 0) is 0 Å². The van der Waals surface area contributed by atoms with Crippen LogP contribution >= 0.6 is 31.9 Å². The first kappa shape index (κ1) is 20.8. The van der Waals surface area contributed by atoms with Crippen molar-refractivity contribution in [3.63, 3.8) is 0 Å². The number of nitrogens with zero attached hydrogens (tertiary/aromatic N) is 6. The Labute approximate surface area is 198 Å². The van der Waals surface area contributed by atoms with E-state index >= 15 is 0 Å². The molecule has 1 aliphatic rings. The van der Waals surface area contributed by atoms with Crippen LogP contribution in [0.1, 0.15) is 10.4 Å². The van der Waals surface area contributed by atoms with Gasteiger partial charge in [0, 0.05) is 48.4 Å². The minimum Gasteiger partial charge on any atom is -0.421 e. The van der Waals surface area contributed by atoms with Gasteiger partial charge in [0.25, 0.3) is 5.91 Å². The molecule has 9 nitrogen and oxygen atoms in total. The summed E-state index contributed by atoms with van der Waals surface area (Å²) in [7, 11) is 0. The monoisotopic (exact) mass is 558 g/mol. The first-order valence-electron chi connectivity index (χ1n) is 9.79. The number of halogens is 2. The number of benzene rings is 1. The molecule has 4 aromatic rings. The Bertz CT molecular complexity index is 1350. The van der Waals surface area contributed by atoms with E-state index < -0.39 is 5.63 Å². The van der Waals surface area contributed by atoms with Crippen molar-refractivity contribution < 1.29 is 9.21 Å². The first-order chi connectivity index (χ1) is 15.5. The molecule has 1 aromatic carbocycles. The quantitative estimate of drug-likeness (QED) is 0.355. The summed E-state index contributed by atoms with van der Waals surface area (Å²) in [6.07, 6.45) is 5.14. The number of piperazine rings is 1. The van der Waals surface area contributed by atoms with Crippen LogP contribution in [0.5, 0.6) is 0 Å². The van der Waals surface area contributed by atoms with E-state index in [9.17, 15) is 9.59 Å². The molecule has 3 aromatic heterocycles. The predicted octanol–water partition coefficient (Wildman–Crippen LogP) is 3.26. The van der Waals surface area contributed by atoms with Crippen LogP contribution in [0.25, 0.3) is 16.8 Å². The second kappa shape index (κ2) is 8.47. The molecular formula is C21H16Br2N6O3. The van der Waals surface area contributed by atoms with Gasteiger partial charge in [0.15, 0.2) is 17.2 Å². The number of fused-ring (bicyclic) bond motifs is 1. The molecule has 0 bridgehead atoms. The number of rotatable bonds is 3. The lowest BCUT2D eigenvalue weighted by Gasteiger charge is -2.35. The van der Waals surface area contributed by atoms with Gasteiger partial charge in [0.05, 0.1) is 4.47 Å². The Kier molecular flexibility index (Phi) is 5.51. The highest BCUT2D eigenvalue weighted by Crippen LogP contribution is 2.28. The van der Waals surface area contributed by atoms with Gasteiger partial charge in [-0.1, -0.05) is 15.9 Å². The zero-order chi connectivity index (χ0) is 22.2. The van der Waals surface area contributed by atoms with E-state index in [1.165, 1.54) is 0 Å². The van der Waals surface area contributed by atoms with E-state index in [1.54, 1.807) is 40.3 Å². The fourth-order valence-corrected chi connectivity index (χ4v) is 4.97. The minimum absolute atomic E-state index is 0.0282. The Morgan fingerprint density at radius 1 is 1.00 bits per heavy atom. The van der Waals surface area contributed by atoms with Crippen LogP contribution in [0.3, 0.4) is 0 Å². The van der Waals surface area contributed by atoms with Crippen molar-refractivity contribution in [1.82, 2.24) is 24.6 Å². The Hall–Kier alpha value is -3.05. The summed E-state index contributed by atoms with van der Waals surface area (Å²) in [5.74, 6) is 1.08. The van der Waals surface area contributed by atoms with Crippen LogP contribution in [0, 0.1) is 0 Å². The van der Waals surface area contributed by atoms with Gasteiger partial charge >= 0.3 is 5.63 Å². The summed E-state index contributed by atoms with van der Waals surface area (Å²) in [6, 6.07) is 8.96. The number of aromatic nitrogens is 4. The topological polar surface area (TPSA) is 97.4 Å². The van der Waals surface area contributed by atoms with Crippen molar-refractivity contribution in [3.8, 4) is 5.82 Å². The van der Waals surface area contributed by atoms with E-state index in [0.29, 0.717) is 47.4 Å². The summed E-state index contributed by atoms with van der Waals surface area (Å²) in [5.41, 5.74) is -0.202. The molecule has 0 atom stereocenters. The maximum absolute atomic E-state index is 13.0. The van der Waals surface area contributed by atoms with Crippen molar-refractivity contribution in [1.29, 1.82) is 0 Å². The minimum atomic E-state index is -0.645. The molecule has 0 unspecified atom stereocenters. The highest BCUT2D eigenvalue weighted by atomic mass is 79.9. The average Bonchev–Trinajstić information content (AvgIpc) is 3.34. The van der Waals surface area contributed by atoms with Gasteiger partial charge in [-0.3, -0.25) is 9.36 Å². The number of imidazole rings is 1. The maximum atomic E-state index is 13.0. The van der Waals surface area contributed by atoms with Gasteiger partial charge in [0.2, 0.25) is 0 Å². The molecule has 1 aliphatic heterocycles. The highest BCUT2D eigenvalue weighted by Gasteiger charge is 2.26. The number of anilines is 1. The van der Waals surface area contributed by atoms with Crippen molar-refractivity contribution >= 4 is 54.6 Å². The van der Waals surface area contributed by atoms with Crippen molar-refractivity contribution in [2.45, 2.75) is 0 Å². The zero-order valence-corrected chi connectivity index (χ0v) is 19.8. The lowest BCUT2D eigenvalue weighted by Crippen LogP contribution is -2.49. The van der Waals surface area contributed by atoms with E-state index in [-0.39, 0.29) is 11.5 Å². The normalized spacial score (nSPS) is 14.2. The lowest BCUT2D eigenvalue weighted by molar-refractivity contribution is 0.0742. The highest BCUT2D eigenvalue weighted by molar-refractivity contribution is 9.11. The Balaban J connectivity index is 1.30. The largest absolute Gasteiger partial charge is 0.421 e. The van der Waals surface area contributed by atoms with Gasteiger partial charge in [0.1, 0.15) is 11.9 Å². The van der Waals surface area contributed by atoms with Crippen LogP contribution in [0.15, 0.2) is 67.2 Å². The maximum Gasteiger partial charge on any atom is 0.349 e. The van der Waals surface area contributed by atoms with Crippen LogP contribution in [0.4, 0.5) is 5.82 Å². The molecule has 1 amide bonds. The molecule has 0 radical (unpaired) electrons. The summed E-state index contributed by atoms with van der Waals surface area (Å²) >= 11 is 6.80. The Morgan fingerprint density at radius 2 is 1.75 bits per heavy atom. The van der Waals surface area contributed by atoms with Crippen LogP contribution in [-0.4, -0.2) is 56.7 Å². The third-order valence-electron chi connectivity index (χ3n) is 5.28. The SMILES string of the molecule is O=C(c1cc2cc(Br)cc(Br)c2oc1=O)N1CCN(c2ccc(-n3ccnc3)nn2)CC1. The molecule has 4 heterocycles. The lowest BCUT2D eigenvalue weighted by atomic mass is 10.1. The number of carbonyl (C=O) groups excluding carboxylic acids is 1. The number of carbonyl (C=O) groups is 1. The first-order valence-corrected chi connectivity index (χ1v) is 11.4. The number of hydrogen-bond donors (Lipinski definition) is 0. The van der Waals surface area contributed by atoms with Gasteiger partial charge in [-0.2, -0.15) is 0 Å². The van der Waals surface area contributed by atoms with E-state index in [0.717, 1.165) is 10.3 Å². The van der Waals surface area contributed by atoms with Crippen molar-refractivity contribution in [2.75, 3.05) is 31.1 Å². The molecule has 0 aliphatic carbocycles. The van der Waals surface area contributed by atoms with Gasteiger partial charge in [-0.25, -0.2) is 9.78 Å². The van der Waals surface area contributed by atoms with Gasteiger partial charge in [-0.05, 0) is 46.3 Å². The summed E-state index contributed by atoms with van der Waals surface area (Å²) in [5, 5.41) is 9.21. The smallest absolute Gasteiger partial charge is 0.349 e. The predicted molar refractivity (Wildman–Crippen MR) is 125 cm³/mol. The molecule has 11 heteroatoms. The standard InChI is InChI=1S/C21H16Br2N6O3/c22-14-9-13-10-15(21(31)32-19(13)16(23)11-14)20(30)28-7-5-27(6-8-28)17-1-2-18(26-25-17)29-4-3-24-12-29/h1-4,9-12H,5-8H2. The molecule has 32 heavy (non-hydrogen) atoms. The molecule has 162 valence electrons. The molecule has 0 N–H and O–H groups in total. The molecular weight excluding hydrogens is 544 g/mol. The van der Waals surface area contributed by atoms with E-state index in [4.69, 9.17) is 4.42 Å². The molecule has 1 fully saturated rings. The number of amides is 1. The third-order valence-corrected chi connectivity index (χ3v) is 6.33. The average molecular weight is 560 g/mol. The van der Waals surface area contributed by atoms with E-state index in [1.807, 2.05) is 18.2 Å². The molecule has 5 rings (SSSR count). The summed E-state index contributed by atoms with van der Waals surface area (Å²) < 4.78 is 8.66. The van der Waals surface area contributed by atoms with Gasteiger partial charge in [-0.15, -0.1) is 10.2 Å². The third kappa shape index (κ3) is 3.93.